The third kappa shape index (κ3) is 9.30. The van der Waals surface area contributed by atoms with Crippen molar-refractivity contribution in [3.8, 4) is 23.0 Å². The second kappa shape index (κ2) is 15.0. The van der Waals surface area contributed by atoms with Gasteiger partial charge in [-0.05, 0) is 118 Å². The minimum Gasteiger partial charge on any atom is -0.452 e. The first-order valence-electron chi connectivity index (χ1n) is 18.2. The average molecular weight is 681 g/mol. The molecule has 4 aromatic carbocycles. The minimum absolute atomic E-state index is 0.0482. The summed E-state index contributed by atoms with van der Waals surface area (Å²) in [6.45, 7) is 26.9. The molecule has 0 aromatic heterocycles. The molecule has 0 unspecified atom stereocenters. The van der Waals surface area contributed by atoms with Gasteiger partial charge in [0.05, 0.1) is 0 Å². The fourth-order valence-electron chi connectivity index (χ4n) is 5.42. The molecule has 0 amide bonds. The van der Waals surface area contributed by atoms with E-state index in [0.717, 1.165) is 25.7 Å². The monoisotopic (exact) mass is 680 g/mol. The molecule has 0 saturated heterocycles. The van der Waals surface area contributed by atoms with Crippen LogP contribution in [0.2, 0.25) is 0 Å². The third-order valence-electron chi connectivity index (χ3n) is 11.1. The second-order valence-corrected chi connectivity index (χ2v) is 17.8. The van der Waals surface area contributed by atoms with Crippen LogP contribution in [0.5, 0.6) is 23.0 Å². The zero-order valence-electron chi connectivity index (χ0n) is 32.2. The molecule has 0 saturated carbocycles. The van der Waals surface area contributed by atoms with Gasteiger partial charge in [-0.2, -0.15) is 0 Å². The first-order valence-corrected chi connectivity index (χ1v) is 19.8. The fourth-order valence-corrected chi connectivity index (χ4v) is 7.36. The van der Waals surface area contributed by atoms with Crippen LogP contribution < -0.4 is 17.7 Å². The predicted molar refractivity (Wildman–Crippen MR) is 207 cm³/mol. The molecule has 5 heteroatoms. The van der Waals surface area contributed by atoms with Gasteiger partial charge in [-0.15, -0.1) is 0 Å². The molecule has 0 spiro atoms. The topological polar surface area (TPSA) is 36.9 Å². The highest BCUT2D eigenvalue weighted by Gasteiger charge is 2.58. The second-order valence-electron chi connectivity index (χ2n) is 16.0. The largest absolute Gasteiger partial charge is 0.966 e. The Morgan fingerprint density at radius 3 is 0.633 bits per heavy atom. The van der Waals surface area contributed by atoms with Gasteiger partial charge >= 0.3 is 9.05 Å². The Kier molecular flexibility index (Phi) is 11.7. The van der Waals surface area contributed by atoms with Crippen molar-refractivity contribution in [2.45, 2.75) is 130 Å². The van der Waals surface area contributed by atoms with Crippen LogP contribution >= 0.6 is 0 Å². The molecule has 49 heavy (non-hydrogen) atoms. The highest BCUT2D eigenvalue weighted by atomic mass is 28.4. The Morgan fingerprint density at radius 1 is 0.327 bits per heavy atom. The number of hydrogen-bond donors (Lipinski definition) is 0. The quantitative estimate of drug-likeness (QED) is 0.110. The molecule has 0 bridgehead atoms. The van der Waals surface area contributed by atoms with Crippen molar-refractivity contribution in [2.75, 3.05) is 0 Å². The highest BCUT2D eigenvalue weighted by molar-refractivity contribution is 6.57. The Morgan fingerprint density at radius 2 is 0.490 bits per heavy atom. The maximum atomic E-state index is 6.84. The van der Waals surface area contributed by atoms with Crippen molar-refractivity contribution in [1.82, 2.24) is 0 Å². The lowest BCUT2D eigenvalue weighted by Gasteiger charge is -2.30. The zero-order valence-corrected chi connectivity index (χ0v) is 33.2. The van der Waals surface area contributed by atoms with E-state index in [1.54, 1.807) is 0 Å². The van der Waals surface area contributed by atoms with Crippen molar-refractivity contribution >= 4 is 9.05 Å². The van der Waals surface area contributed by atoms with E-state index >= 15 is 0 Å². The van der Waals surface area contributed by atoms with Gasteiger partial charge in [0.15, 0.2) is 0 Å². The van der Waals surface area contributed by atoms with Gasteiger partial charge in [0.2, 0.25) is 0 Å². The summed E-state index contributed by atoms with van der Waals surface area (Å²) < 4.78 is 27.4. The van der Waals surface area contributed by atoms with Crippen molar-refractivity contribution < 1.29 is 17.7 Å². The van der Waals surface area contributed by atoms with Gasteiger partial charge in [0, 0.05) is 0 Å². The summed E-state index contributed by atoms with van der Waals surface area (Å²) in [6, 6.07) is 33.0. The van der Waals surface area contributed by atoms with Gasteiger partial charge < -0.3 is 17.7 Å². The van der Waals surface area contributed by atoms with Crippen LogP contribution in [-0.2, 0) is 21.7 Å². The van der Waals surface area contributed by atoms with Gasteiger partial charge in [0.25, 0.3) is 0 Å². The number of benzene rings is 4. The zero-order chi connectivity index (χ0) is 36.1. The van der Waals surface area contributed by atoms with E-state index in [2.05, 4.69) is 132 Å². The van der Waals surface area contributed by atoms with Crippen LogP contribution in [0, 0.1) is 0 Å². The van der Waals surface area contributed by atoms with Gasteiger partial charge in [-0.25, -0.2) is 0 Å². The van der Waals surface area contributed by atoms with Gasteiger partial charge in [-0.3, -0.25) is 0 Å². The molecule has 0 heterocycles. The van der Waals surface area contributed by atoms with Crippen LogP contribution in [-0.4, -0.2) is 9.05 Å². The molecule has 0 radical (unpaired) electrons. The van der Waals surface area contributed by atoms with Gasteiger partial charge in [-0.1, -0.05) is 132 Å². The Balaban J connectivity index is 1.83. The molecule has 0 N–H and O–H groups in total. The lowest BCUT2D eigenvalue weighted by molar-refractivity contribution is 0.161. The standard InChI is InChI=1S/C44H60O4Si/c1-13-41(5,6)33-17-25-37(26-18-33)45-49(46-38-27-19-34(20-28-38)42(7,8)14-2,47-39-29-21-35(22-30-39)43(9,10)15-3)48-40-31-23-36(24-32-40)44(11,12)16-4/h17-32H,13-16H2,1-12H3. The predicted octanol–water partition coefficient (Wildman–Crippen LogP) is 12.5. The summed E-state index contributed by atoms with van der Waals surface area (Å²) in [7, 11) is -4.05. The smallest absolute Gasteiger partial charge is 0.452 e. The molecular formula is C44H60O4Si. The molecule has 264 valence electrons. The fraction of sp³-hybridized carbons (Fsp3) is 0.455. The summed E-state index contributed by atoms with van der Waals surface area (Å²) in [5, 5.41) is 0. The van der Waals surface area contributed by atoms with E-state index < -0.39 is 9.05 Å². The first-order chi connectivity index (χ1) is 23.0. The van der Waals surface area contributed by atoms with Crippen LogP contribution in [0.25, 0.3) is 0 Å². The molecule has 0 atom stereocenters. The molecule has 4 aromatic rings. The summed E-state index contributed by atoms with van der Waals surface area (Å²) in [6.07, 6.45) is 4.12. The van der Waals surface area contributed by atoms with Crippen LogP contribution in [0.1, 0.15) is 131 Å². The molecule has 0 aliphatic rings. The summed E-state index contributed by atoms with van der Waals surface area (Å²) in [4.78, 5) is 0. The average Bonchev–Trinajstić information content (AvgIpc) is 3.09. The lowest BCUT2D eigenvalue weighted by atomic mass is 9.82. The van der Waals surface area contributed by atoms with Crippen molar-refractivity contribution in [3.05, 3.63) is 119 Å². The van der Waals surface area contributed by atoms with Crippen molar-refractivity contribution in [3.63, 3.8) is 0 Å². The van der Waals surface area contributed by atoms with E-state index in [0.29, 0.717) is 23.0 Å². The first kappa shape index (κ1) is 38.1. The van der Waals surface area contributed by atoms with E-state index in [-0.39, 0.29) is 21.7 Å². The molecule has 0 aliphatic heterocycles. The van der Waals surface area contributed by atoms with E-state index in [9.17, 15) is 0 Å². The van der Waals surface area contributed by atoms with Crippen LogP contribution in [0.15, 0.2) is 97.1 Å². The van der Waals surface area contributed by atoms with E-state index in [1.807, 2.05) is 48.5 Å². The van der Waals surface area contributed by atoms with Crippen molar-refractivity contribution in [2.24, 2.45) is 0 Å². The summed E-state index contributed by atoms with van der Waals surface area (Å²) in [5.41, 5.74) is 5.17. The number of rotatable bonds is 16. The molecule has 0 fully saturated rings. The Bertz CT molecular complexity index is 1370. The minimum atomic E-state index is -4.05. The summed E-state index contributed by atoms with van der Waals surface area (Å²) >= 11 is 0. The molecule has 4 nitrogen and oxygen atoms in total. The maximum absolute atomic E-state index is 6.84. The van der Waals surface area contributed by atoms with Crippen LogP contribution in [0.4, 0.5) is 0 Å². The molecule has 4 rings (SSSR count). The maximum Gasteiger partial charge on any atom is 0.966 e. The SMILES string of the molecule is CCC(C)(C)c1ccc(O[Si](Oc2ccc(C(C)(C)CC)cc2)(Oc2ccc(C(C)(C)CC)cc2)Oc2ccc(C(C)(C)CC)cc2)cc1. The lowest BCUT2D eigenvalue weighted by Crippen LogP contribution is -2.60. The third-order valence-corrected chi connectivity index (χ3v) is 13.0. The van der Waals surface area contributed by atoms with E-state index in [1.165, 1.54) is 22.3 Å². The molecular weight excluding hydrogens is 621 g/mol. The Hall–Kier alpha value is -3.70. The van der Waals surface area contributed by atoms with Crippen LogP contribution in [0.3, 0.4) is 0 Å². The Labute approximate surface area is 298 Å². The summed E-state index contributed by atoms with van der Waals surface area (Å²) in [5.74, 6) is 2.49. The normalized spacial score (nSPS) is 12.8. The van der Waals surface area contributed by atoms with Gasteiger partial charge in [0.1, 0.15) is 23.0 Å². The highest BCUT2D eigenvalue weighted by Crippen LogP contribution is 2.35. The number of hydrogen-bond acceptors (Lipinski definition) is 4. The van der Waals surface area contributed by atoms with Crippen molar-refractivity contribution in [1.29, 1.82) is 0 Å². The van der Waals surface area contributed by atoms with E-state index in [4.69, 9.17) is 17.7 Å². The molecule has 0 aliphatic carbocycles.